The minimum Gasteiger partial charge on any atom is -0.244 e. The summed E-state index contributed by atoms with van der Waals surface area (Å²) in [6.07, 6.45) is 8.57. The van der Waals surface area contributed by atoms with Gasteiger partial charge < -0.3 is 0 Å². The Labute approximate surface area is 115 Å². The molecule has 0 radical (unpaired) electrons. The van der Waals surface area contributed by atoms with Gasteiger partial charge >= 0.3 is 6.03 Å². The third kappa shape index (κ3) is 2.56. The maximum absolute atomic E-state index is 12.0. The van der Waals surface area contributed by atoms with E-state index in [1.54, 1.807) is 30.7 Å². The van der Waals surface area contributed by atoms with Crippen LogP contribution in [0.4, 0.5) is 4.79 Å². The number of hydrogen-bond donors (Lipinski definition) is 0. The molecule has 3 rings (SSSR count). The summed E-state index contributed by atoms with van der Waals surface area (Å²) < 4.78 is 2.50. The third-order valence-electron chi connectivity index (χ3n) is 2.75. The Morgan fingerprint density at radius 2 is 1.80 bits per heavy atom. The van der Waals surface area contributed by atoms with Gasteiger partial charge in [-0.05, 0) is 23.8 Å². The summed E-state index contributed by atoms with van der Waals surface area (Å²) in [6, 6.07) is 13.1. The van der Waals surface area contributed by atoms with Gasteiger partial charge in [0.2, 0.25) is 0 Å². The first-order chi connectivity index (χ1) is 9.83. The van der Waals surface area contributed by atoms with E-state index in [0.29, 0.717) is 5.69 Å². The zero-order chi connectivity index (χ0) is 13.8. The topological polar surface area (TPSA) is 52.7 Å². The summed E-state index contributed by atoms with van der Waals surface area (Å²) in [7, 11) is 0. The first-order valence-corrected chi connectivity index (χ1v) is 6.16. The van der Waals surface area contributed by atoms with Crippen LogP contribution in [0.1, 0.15) is 11.3 Å². The molecule has 1 aromatic carbocycles. The molecule has 98 valence electrons. The maximum atomic E-state index is 12.0. The molecule has 0 unspecified atom stereocenters. The molecule has 2 aromatic heterocycles. The molecule has 0 aliphatic carbocycles. The van der Waals surface area contributed by atoms with Gasteiger partial charge in [-0.2, -0.15) is 19.6 Å². The molecule has 0 aliphatic rings. The van der Waals surface area contributed by atoms with Crippen molar-refractivity contribution in [1.82, 2.24) is 19.6 Å². The van der Waals surface area contributed by atoms with E-state index in [9.17, 15) is 4.79 Å². The molecule has 0 saturated heterocycles. The maximum Gasteiger partial charge on any atom is 0.369 e. The molecule has 0 amide bonds. The van der Waals surface area contributed by atoms with Gasteiger partial charge in [-0.25, -0.2) is 4.79 Å². The predicted molar refractivity (Wildman–Crippen MR) is 76.0 cm³/mol. The molecule has 0 bridgehead atoms. The average molecular weight is 264 g/mol. The van der Waals surface area contributed by atoms with Crippen molar-refractivity contribution in [3.63, 3.8) is 0 Å². The van der Waals surface area contributed by atoms with Gasteiger partial charge in [0.05, 0.1) is 5.69 Å². The Morgan fingerprint density at radius 3 is 2.55 bits per heavy atom. The second-order valence-corrected chi connectivity index (χ2v) is 4.16. The highest BCUT2D eigenvalue weighted by Gasteiger charge is 2.08. The molecule has 5 heteroatoms. The van der Waals surface area contributed by atoms with Crippen molar-refractivity contribution in [2.75, 3.05) is 0 Å². The fourth-order valence-corrected chi connectivity index (χ4v) is 1.77. The van der Waals surface area contributed by atoms with Gasteiger partial charge in [0.25, 0.3) is 0 Å². The van der Waals surface area contributed by atoms with Crippen LogP contribution in [0.2, 0.25) is 0 Å². The quantitative estimate of drug-likeness (QED) is 0.715. The summed E-state index contributed by atoms with van der Waals surface area (Å²) >= 11 is 0. The lowest BCUT2D eigenvalue weighted by atomic mass is 10.2. The number of carbonyl (C=O) groups is 1. The highest BCUT2D eigenvalue weighted by molar-refractivity contribution is 5.78. The second kappa shape index (κ2) is 5.36. The number of aromatic nitrogens is 4. The molecule has 3 aromatic rings. The normalized spacial score (nSPS) is 11.0. The summed E-state index contributed by atoms with van der Waals surface area (Å²) in [4.78, 5) is 12.0. The molecule has 2 heterocycles. The van der Waals surface area contributed by atoms with Gasteiger partial charge in [-0.15, -0.1) is 0 Å². The Bertz CT molecular complexity index is 726. The molecule has 0 fully saturated rings. The predicted octanol–water partition coefficient (Wildman–Crippen LogP) is 2.77. The van der Waals surface area contributed by atoms with E-state index in [1.165, 1.54) is 9.36 Å². The number of nitrogens with zero attached hydrogens (tertiary/aromatic N) is 4. The number of benzene rings is 1. The van der Waals surface area contributed by atoms with Crippen molar-refractivity contribution in [1.29, 1.82) is 0 Å². The van der Waals surface area contributed by atoms with Crippen molar-refractivity contribution in [2.24, 2.45) is 0 Å². The van der Waals surface area contributed by atoms with Gasteiger partial charge in [0.15, 0.2) is 0 Å². The van der Waals surface area contributed by atoms with Crippen molar-refractivity contribution in [2.45, 2.75) is 0 Å². The van der Waals surface area contributed by atoms with E-state index in [0.717, 1.165) is 5.56 Å². The summed E-state index contributed by atoms with van der Waals surface area (Å²) in [5, 5.41) is 8.08. The van der Waals surface area contributed by atoms with Crippen LogP contribution in [-0.4, -0.2) is 25.6 Å². The van der Waals surface area contributed by atoms with Crippen LogP contribution in [-0.2, 0) is 0 Å². The van der Waals surface area contributed by atoms with E-state index < -0.39 is 0 Å². The van der Waals surface area contributed by atoms with Crippen LogP contribution in [0.3, 0.4) is 0 Å². The fourth-order valence-electron chi connectivity index (χ4n) is 1.77. The van der Waals surface area contributed by atoms with Crippen molar-refractivity contribution in [3.8, 4) is 0 Å². The highest BCUT2D eigenvalue weighted by atomic mass is 16.2. The van der Waals surface area contributed by atoms with E-state index in [-0.39, 0.29) is 6.03 Å². The van der Waals surface area contributed by atoms with Crippen molar-refractivity contribution >= 4 is 18.2 Å². The Balaban J connectivity index is 1.77. The zero-order valence-corrected chi connectivity index (χ0v) is 10.6. The number of carbonyl (C=O) groups excluding carboxylic acids is 1. The summed E-state index contributed by atoms with van der Waals surface area (Å²) in [6.45, 7) is 0. The SMILES string of the molecule is O=C(n1cccn1)n1ccc(C=Cc2ccccc2)n1. The molecule has 0 N–H and O–H groups in total. The molecule has 20 heavy (non-hydrogen) atoms. The van der Waals surface area contributed by atoms with Crippen LogP contribution in [0.5, 0.6) is 0 Å². The van der Waals surface area contributed by atoms with E-state index >= 15 is 0 Å². The van der Waals surface area contributed by atoms with Crippen LogP contribution in [0.25, 0.3) is 12.2 Å². The summed E-state index contributed by atoms with van der Waals surface area (Å²) in [5.74, 6) is 0. The minimum absolute atomic E-state index is 0.311. The number of rotatable bonds is 2. The first kappa shape index (κ1) is 12.1. The molecule has 0 saturated carbocycles. The molecular weight excluding hydrogens is 252 g/mol. The van der Waals surface area contributed by atoms with Gasteiger partial charge in [-0.1, -0.05) is 36.4 Å². The standard InChI is InChI=1S/C15H12N4O/c20-15(18-11-4-10-16-18)19-12-9-14(17-19)8-7-13-5-2-1-3-6-13/h1-12H. The lowest BCUT2D eigenvalue weighted by molar-refractivity contribution is 0.238. The Morgan fingerprint density at radius 1 is 0.950 bits per heavy atom. The highest BCUT2D eigenvalue weighted by Crippen LogP contribution is 2.06. The third-order valence-corrected chi connectivity index (χ3v) is 2.75. The van der Waals surface area contributed by atoms with Crippen LogP contribution in [0.15, 0.2) is 61.1 Å². The fraction of sp³-hybridized carbons (Fsp3) is 0. The molecule has 0 aliphatic heterocycles. The van der Waals surface area contributed by atoms with E-state index in [4.69, 9.17) is 0 Å². The van der Waals surface area contributed by atoms with Gasteiger partial charge in [-0.3, -0.25) is 0 Å². The number of hydrogen-bond acceptors (Lipinski definition) is 3. The molecule has 5 nitrogen and oxygen atoms in total. The van der Waals surface area contributed by atoms with E-state index in [2.05, 4.69) is 10.2 Å². The lowest BCUT2D eigenvalue weighted by Crippen LogP contribution is -2.20. The Hall–Kier alpha value is -2.95. The Kier molecular flexibility index (Phi) is 3.24. The van der Waals surface area contributed by atoms with E-state index in [1.807, 2.05) is 42.5 Å². The lowest BCUT2D eigenvalue weighted by Gasteiger charge is -1.98. The summed E-state index contributed by atoms with van der Waals surface area (Å²) in [5.41, 5.74) is 1.80. The largest absolute Gasteiger partial charge is 0.369 e. The van der Waals surface area contributed by atoms with Gasteiger partial charge in [0, 0.05) is 18.6 Å². The zero-order valence-electron chi connectivity index (χ0n) is 10.6. The smallest absolute Gasteiger partial charge is 0.244 e. The van der Waals surface area contributed by atoms with Crippen LogP contribution in [0, 0.1) is 0 Å². The van der Waals surface area contributed by atoms with Gasteiger partial charge in [0.1, 0.15) is 0 Å². The molecule has 0 spiro atoms. The molecular formula is C15H12N4O. The van der Waals surface area contributed by atoms with Crippen LogP contribution >= 0.6 is 0 Å². The minimum atomic E-state index is -0.311. The average Bonchev–Trinajstić information content (AvgIpc) is 3.17. The second-order valence-electron chi connectivity index (χ2n) is 4.16. The van der Waals surface area contributed by atoms with Crippen LogP contribution < -0.4 is 0 Å². The monoisotopic (exact) mass is 264 g/mol. The molecule has 0 atom stereocenters. The first-order valence-electron chi connectivity index (χ1n) is 6.16. The van der Waals surface area contributed by atoms with Crippen molar-refractivity contribution in [3.05, 3.63) is 72.3 Å². The van der Waals surface area contributed by atoms with Crippen molar-refractivity contribution < 1.29 is 4.79 Å².